The minimum Gasteiger partial charge on any atom is -0.369 e. The van der Waals surface area contributed by atoms with Crippen molar-refractivity contribution in [1.82, 2.24) is 0 Å². The highest BCUT2D eigenvalue weighted by Gasteiger charge is 2.23. The van der Waals surface area contributed by atoms with Crippen LogP contribution in [0.2, 0.25) is 0 Å². The molecule has 1 atom stereocenters. The predicted molar refractivity (Wildman–Crippen MR) is 69.8 cm³/mol. The van der Waals surface area contributed by atoms with Gasteiger partial charge in [-0.3, -0.25) is 0 Å². The van der Waals surface area contributed by atoms with Gasteiger partial charge in [0.25, 0.3) is 0 Å². The lowest BCUT2D eigenvalue weighted by atomic mass is 10.1. The number of hydrogen-bond acceptors (Lipinski definition) is 2. The first-order valence-electron chi connectivity index (χ1n) is 6.48. The van der Waals surface area contributed by atoms with Crippen molar-refractivity contribution in [1.29, 1.82) is 0 Å². The van der Waals surface area contributed by atoms with E-state index < -0.39 is 0 Å². The topological polar surface area (TPSA) is 29.3 Å². The van der Waals surface area contributed by atoms with Crippen molar-refractivity contribution in [2.45, 2.75) is 26.2 Å². The van der Waals surface area contributed by atoms with Crippen LogP contribution in [0.4, 0.5) is 10.1 Å². The van der Waals surface area contributed by atoms with Crippen LogP contribution < -0.4 is 10.6 Å². The quantitative estimate of drug-likeness (QED) is 0.870. The maximum absolute atomic E-state index is 14.0. The van der Waals surface area contributed by atoms with E-state index in [4.69, 9.17) is 5.73 Å². The van der Waals surface area contributed by atoms with Crippen LogP contribution in [-0.4, -0.2) is 19.6 Å². The zero-order chi connectivity index (χ0) is 12.3. The summed E-state index contributed by atoms with van der Waals surface area (Å²) in [6.07, 6.45) is 3.11. The summed E-state index contributed by atoms with van der Waals surface area (Å²) in [5.74, 6) is 0.617. The third kappa shape index (κ3) is 2.78. The Morgan fingerprint density at radius 3 is 2.88 bits per heavy atom. The first kappa shape index (κ1) is 12.4. The van der Waals surface area contributed by atoms with Crippen LogP contribution in [0.25, 0.3) is 0 Å². The Labute approximate surface area is 103 Å². The molecule has 17 heavy (non-hydrogen) atoms. The standard InChI is InChI=1S/C14H21FN2/c1-2-11-6-8-17(10-11)14-4-3-12(5-7-16)9-13(14)15/h3-4,9,11H,2,5-8,10,16H2,1H3. The van der Waals surface area contributed by atoms with Crippen molar-refractivity contribution < 1.29 is 4.39 Å². The van der Waals surface area contributed by atoms with Crippen LogP contribution in [0.1, 0.15) is 25.3 Å². The molecule has 2 N–H and O–H groups in total. The molecule has 1 fully saturated rings. The van der Waals surface area contributed by atoms with E-state index in [1.54, 1.807) is 6.07 Å². The molecule has 0 amide bonds. The third-order valence-electron chi connectivity index (χ3n) is 3.65. The summed E-state index contributed by atoms with van der Waals surface area (Å²) in [5.41, 5.74) is 7.21. The Kier molecular flexibility index (Phi) is 4.00. The number of rotatable bonds is 4. The number of nitrogens with zero attached hydrogens (tertiary/aromatic N) is 1. The molecule has 0 aliphatic carbocycles. The largest absolute Gasteiger partial charge is 0.369 e. The van der Waals surface area contributed by atoms with Gasteiger partial charge in [-0.2, -0.15) is 0 Å². The second-order valence-electron chi connectivity index (χ2n) is 4.83. The Balaban J connectivity index is 2.11. The number of hydrogen-bond donors (Lipinski definition) is 1. The van der Waals surface area contributed by atoms with Crippen molar-refractivity contribution in [2.75, 3.05) is 24.5 Å². The zero-order valence-electron chi connectivity index (χ0n) is 10.5. The van der Waals surface area contributed by atoms with Gasteiger partial charge in [-0.1, -0.05) is 19.4 Å². The minimum atomic E-state index is -0.104. The van der Waals surface area contributed by atoms with Crippen LogP contribution in [0.3, 0.4) is 0 Å². The van der Waals surface area contributed by atoms with Crippen molar-refractivity contribution in [3.05, 3.63) is 29.6 Å². The monoisotopic (exact) mass is 236 g/mol. The number of nitrogens with two attached hydrogens (primary N) is 1. The average Bonchev–Trinajstić information content (AvgIpc) is 2.78. The lowest BCUT2D eigenvalue weighted by Gasteiger charge is -2.19. The second kappa shape index (κ2) is 5.50. The highest BCUT2D eigenvalue weighted by atomic mass is 19.1. The lowest BCUT2D eigenvalue weighted by Crippen LogP contribution is -2.20. The summed E-state index contributed by atoms with van der Waals surface area (Å²) in [5, 5.41) is 0. The van der Waals surface area contributed by atoms with Gasteiger partial charge in [0.15, 0.2) is 0 Å². The van der Waals surface area contributed by atoms with Gasteiger partial charge < -0.3 is 10.6 Å². The van der Waals surface area contributed by atoms with Gasteiger partial charge in [0.05, 0.1) is 5.69 Å². The molecular weight excluding hydrogens is 215 g/mol. The first-order chi connectivity index (χ1) is 8.24. The van der Waals surface area contributed by atoms with E-state index in [1.807, 2.05) is 12.1 Å². The van der Waals surface area contributed by atoms with Crippen LogP contribution in [0.15, 0.2) is 18.2 Å². The predicted octanol–water partition coefficient (Wildman–Crippen LogP) is 2.56. The molecule has 1 saturated heterocycles. The van der Waals surface area contributed by atoms with Gasteiger partial charge in [0.1, 0.15) is 5.82 Å². The molecule has 1 aliphatic heterocycles. The van der Waals surface area contributed by atoms with E-state index in [0.29, 0.717) is 6.54 Å². The Bertz CT molecular complexity index is 378. The fourth-order valence-corrected chi connectivity index (χ4v) is 2.51. The molecule has 2 rings (SSSR count). The maximum Gasteiger partial charge on any atom is 0.146 e. The van der Waals surface area contributed by atoms with Gasteiger partial charge in [0.2, 0.25) is 0 Å². The average molecular weight is 236 g/mol. The highest BCUT2D eigenvalue weighted by molar-refractivity contribution is 5.50. The number of anilines is 1. The molecule has 0 bridgehead atoms. The smallest absolute Gasteiger partial charge is 0.146 e. The second-order valence-corrected chi connectivity index (χ2v) is 4.83. The van der Waals surface area contributed by atoms with Gasteiger partial charge in [0, 0.05) is 13.1 Å². The van der Waals surface area contributed by atoms with Crippen molar-refractivity contribution >= 4 is 5.69 Å². The van der Waals surface area contributed by atoms with E-state index in [9.17, 15) is 4.39 Å². The summed E-state index contributed by atoms with van der Waals surface area (Å²) in [6, 6.07) is 5.52. The number of halogens is 1. The first-order valence-corrected chi connectivity index (χ1v) is 6.48. The Morgan fingerprint density at radius 1 is 1.47 bits per heavy atom. The molecule has 0 saturated carbocycles. The Morgan fingerprint density at radius 2 is 2.29 bits per heavy atom. The summed E-state index contributed by atoms with van der Waals surface area (Å²) < 4.78 is 14.0. The molecule has 1 unspecified atom stereocenters. The van der Waals surface area contributed by atoms with Gasteiger partial charge in [-0.05, 0) is 43.0 Å². The SMILES string of the molecule is CCC1CCN(c2ccc(CCN)cc2F)C1. The van der Waals surface area contributed by atoms with Crippen molar-refractivity contribution in [2.24, 2.45) is 11.7 Å². The van der Waals surface area contributed by atoms with E-state index in [2.05, 4.69) is 11.8 Å². The summed E-state index contributed by atoms with van der Waals surface area (Å²) in [6.45, 7) is 4.74. The van der Waals surface area contributed by atoms with E-state index in [0.717, 1.165) is 36.7 Å². The van der Waals surface area contributed by atoms with Gasteiger partial charge in [-0.25, -0.2) is 4.39 Å². The van der Waals surface area contributed by atoms with Crippen LogP contribution in [0, 0.1) is 11.7 Å². The molecule has 0 spiro atoms. The van der Waals surface area contributed by atoms with Crippen molar-refractivity contribution in [3.8, 4) is 0 Å². The zero-order valence-corrected chi connectivity index (χ0v) is 10.5. The summed E-state index contributed by atoms with van der Waals surface area (Å²) >= 11 is 0. The Hall–Kier alpha value is -1.09. The summed E-state index contributed by atoms with van der Waals surface area (Å²) in [4.78, 5) is 2.16. The third-order valence-corrected chi connectivity index (χ3v) is 3.65. The van der Waals surface area contributed by atoms with E-state index in [-0.39, 0.29) is 5.82 Å². The molecule has 1 aliphatic rings. The van der Waals surface area contributed by atoms with Gasteiger partial charge >= 0.3 is 0 Å². The molecular formula is C14H21FN2. The molecule has 0 aromatic heterocycles. The van der Waals surface area contributed by atoms with Gasteiger partial charge in [-0.15, -0.1) is 0 Å². The number of benzene rings is 1. The molecule has 1 aromatic rings. The molecule has 1 aromatic carbocycles. The van der Waals surface area contributed by atoms with Crippen LogP contribution in [0.5, 0.6) is 0 Å². The minimum absolute atomic E-state index is 0.104. The fraction of sp³-hybridized carbons (Fsp3) is 0.571. The van der Waals surface area contributed by atoms with E-state index >= 15 is 0 Å². The molecule has 0 radical (unpaired) electrons. The fourth-order valence-electron chi connectivity index (χ4n) is 2.51. The highest BCUT2D eigenvalue weighted by Crippen LogP contribution is 2.28. The molecule has 1 heterocycles. The summed E-state index contributed by atoms with van der Waals surface area (Å²) in [7, 11) is 0. The maximum atomic E-state index is 14.0. The van der Waals surface area contributed by atoms with E-state index in [1.165, 1.54) is 12.8 Å². The van der Waals surface area contributed by atoms with Crippen LogP contribution >= 0.6 is 0 Å². The normalized spacial score (nSPS) is 19.9. The molecule has 3 heteroatoms. The lowest BCUT2D eigenvalue weighted by molar-refractivity contribution is 0.567. The molecule has 2 nitrogen and oxygen atoms in total. The molecule has 94 valence electrons. The van der Waals surface area contributed by atoms with Crippen LogP contribution in [-0.2, 0) is 6.42 Å². The van der Waals surface area contributed by atoms with Crippen molar-refractivity contribution in [3.63, 3.8) is 0 Å².